The number of pyridine rings is 2. The number of fused-ring (bicyclic) bond motifs is 1. The van der Waals surface area contributed by atoms with E-state index in [0.717, 1.165) is 17.2 Å². The molecule has 0 aliphatic rings. The summed E-state index contributed by atoms with van der Waals surface area (Å²) in [6.07, 6.45) is 2.65. The smallest absolute Gasteiger partial charge is 0.277 e. The van der Waals surface area contributed by atoms with Crippen molar-refractivity contribution in [3.8, 4) is 0 Å². The lowest BCUT2D eigenvalue weighted by atomic mass is 10.1. The van der Waals surface area contributed by atoms with Gasteiger partial charge in [0.05, 0.1) is 22.6 Å². The molecule has 4 aromatic rings. The summed E-state index contributed by atoms with van der Waals surface area (Å²) >= 11 is 6.02. The van der Waals surface area contributed by atoms with Gasteiger partial charge in [-0.05, 0) is 48.0 Å². The zero-order valence-corrected chi connectivity index (χ0v) is 18.1. The molecule has 2 heterocycles. The monoisotopic (exact) mass is 451 g/mol. The molecular weight excluding hydrogens is 434 g/mol. The summed E-state index contributed by atoms with van der Waals surface area (Å²) in [5.41, 5.74) is 1.97. The van der Waals surface area contributed by atoms with Gasteiger partial charge in [-0.15, -0.1) is 0 Å². The average molecular weight is 452 g/mol. The van der Waals surface area contributed by atoms with Crippen LogP contribution in [0.4, 0.5) is 5.69 Å². The molecule has 0 radical (unpaired) electrons. The third kappa shape index (κ3) is 4.57. The Kier molecular flexibility index (Phi) is 5.71. The van der Waals surface area contributed by atoms with Gasteiger partial charge in [0.15, 0.2) is 9.84 Å². The van der Waals surface area contributed by atoms with Crippen molar-refractivity contribution in [2.75, 3.05) is 11.2 Å². The quantitative estimate of drug-likeness (QED) is 0.416. The first-order valence-corrected chi connectivity index (χ1v) is 11.7. The number of anilines is 1. The highest BCUT2D eigenvalue weighted by Crippen LogP contribution is 2.28. The van der Waals surface area contributed by atoms with Gasteiger partial charge in [-0.1, -0.05) is 41.9 Å². The van der Waals surface area contributed by atoms with Crippen molar-refractivity contribution in [3.63, 3.8) is 0 Å². The first kappa shape index (κ1) is 21.0. The topological polar surface area (TPSA) is 80.2 Å². The van der Waals surface area contributed by atoms with Gasteiger partial charge in [0.1, 0.15) is 10.8 Å². The number of amides is 1. The van der Waals surface area contributed by atoms with Crippen LogP contribution in [-0.2, 0) is 16.4 Å². The normalized spacial score (nSPS) is 11.4. The number of carbonyl (C=O) groups excluding carboxylic acids is 1. The van der Waals surface area contributed by atoms with Gasteiger partial charge >= 0.3 is 0 Å². The van der Waals surface area contributed by atoms with Crippen LogP contribution in [0.25, 0.3) is 10.9 Å². The summed E-state index contributed by atoms with van der Waals surface area (Å²) in [7, 11) is -3.57. The maximum atomic E-state index is 13.4. The van der Waals surface area contributed by atoms with Crippen molar-refractivity contribution in [1.29, 1.82) is 0 Å². The lowest BCUT2D eigenvalue weighted by Gasteiger charge is -2.25. The highest BCUT2D eigenvalue weighted by atomic mass is 35.5. The molecule has 0 bridgehead atoms. The number of sulfone groups is 1. The second kappa shape index (κ2) is 8.45. The van der Waals surface area contributed by atoms with Gasteiger partial charge in [0, 0.05) is 17.8 Å². The molecule has 31 heavy (non-hydrogen) atoms. The molecule has 1 amide bonds. The number of hydrogen-bond acceptors (Lipinski definition) is 5. The van der Waals surface area contributed by atoms with E-state index in [1.165, 1.54) is 17.2 Å². The lowest BCUT2D eigenvalue weighted by Crippen LogP contribution is -2.32. The van der Waals surface area contributed by atoms with Crippen LogP contribution in [0.15, 0.2) is 83.9 Å². The van der Waals surface area contributed by atoms with E-state index < -0.39 is 15.7 Å². The molecule has 0 N–H and O–H groups in total. The molecule has 0 unspecified atom stereocenters. The van der Waals surface area contributed by atoms with Crippen molar-refractivity contribution in [2.24, 2.45) is 0 Å². The largest absolute Gasteiger partial charge is 0.301 e. The van der Waals surface area contributed by atoms with Crippen LogP contribution in [0, 0.1) is 0 Å². The van der Waals surface area contributed by atoms with E-state index in [1.807, 2.05) is 24.3 Å². The number of para-hydroxylation sites is 1. The van der Waals surface area contributed by atoms with Gasteiger partial charge in [-0.3, -0.25) is 9.78 Å². The Balaban J connectivity index is 1.83. The number of nitrogens with zero attached hydrogens (tertiary/aromatic N) is 3. The fourth-order valence-electron chi connectivity index (χ4n) is 3.31. The molecular formula is C23H18ClN3O3S. The predicted octanol–water partition coefficient (Wildman–Crippen LogP) is 4.53. The van der Waals surface area contributed by atoms with Crippen LogP contribution in [0.3, 0.4) is 0 Å². The standard InChI is InChI=1S/C23H18ClN3O3S/c1-31(29,30)21-8-3-2-7-20(21)27(23(28)18-6-4-5-13-25-18)15-16-9-10-17-11-12-22(24)26-19(17)14-16/h2-14H,15H2,1H3. The molecule has 156 valence electrons. The average Bonchev–Trinajstić information content (AvgIpc) is 2.77. The molecule has 0 aliphatic carbocycles. The Morgan fingerprint density at radius 3 is 2.48 bits per heavy atom. The van der Waals surface area contributed by atoms with Crippen molar-refractivity contribution >= 4 is 43.9 Å². The molecule has 0 saturated heterocycles. The molecule has 0 aliphatic heterocycles. The van der Waals surface area contributed by atoms with E-state index >= 15 is 0 Å². The van der Waals surface area contributed by atoms with Gasteiger partial charge in [0.2, 0.25) is 0 Å². The van der Waals surface area contributed by atoms with E-state index in [2.05, 4.69) is 9.97 Å². The van der Waals surface area contributed by atoms with Crippen LogP contribution in [0.1, 0.15) is 16.1 Å². The number of hydrogen-bond donors (Lipinski definition) is 0. The summed E-state index contributed by atoms with van der Waals surface area (Å²) in [4.78, 5) is 23.3. The minimum Gasteiger partial charge on any atom is -0.301 e. The number of halogens is 1. The minimum absolute atomic E-state index is 0.0706. The van der Waals surface area contributed by atoms with E-state index in [0.29, 0.717) is 16.4 Å². The Morgan fingerprint density at radius 2 is 1.74 bits per heavy atom. The first-order valence-electron chi connectivity index (χ1n) is 9.40. The predicted molar refractivity (Wildman–Crippen MR) is 121 cm³/mol. The number of rotatable bonds is 5. The van der Waals surface area contributed by atoms with Crippen LogP contribution >= 0.6 is 11.6 Å². The first-order chi connectivity index (χ1) is 14.8. The van der Waals surface area contributed by atoms with Crippen LogP contribution in [0.5, 0.6) is 0 Å². The van der Waals surface area contributed by atoms with Gasteiger partial charge < -0.3 is 4.90 Å². The Labute approximate surface area is 185 Å². The summed E-state index contributed by atoms with van der Waals surface area (Å²) in [5.74, 6) is -0.407. The molecule has 8 heteroatoms. The molecule has 6 nitrogen and oxygen atoms in total. The summed E-state index contributed by atoms with van der Waals surface area (Å²) < 4.78 is 24.8. The van der Waals surface area contributed by atoms with Crippen molar-refractivity contribution < 1.29 is 13.2 Å². The van der Waals surface area contributed by atoms with Crippen molar-refractivity contribution in [1.82, 2.24) is 9.97 Å². The van der Waals surface area contributed by atoms with E-state index in [-0.39, 0.29) is 17.1 Å². The zero-order valence-electron chi connectivity index (χ0n) is 16.6. The second-order valence-corrected chi connectivity index (χ2v) is 9.38. The van der Waals surface area contributed by atoms with Crippen LogP contribution in [0.2, 0.25) is 5.15 Å². The second-order valence-electron chi connectivity index (χ2n) is 7.01. The molecule has 0 saturated carbocycles. The fraction of sp³-hybridized carbons (Fsp3) is 0.0870. The van der Waals surface area contributed by atoms with Crippen LogP contribution < -0.4 is 4.90 Å². The third-order valence-electron chi connectivity index (χ3n) is 4.75. The SMILES string of the molecule is CS(=O)(=O)c1ccccc1N(Cc1ccc2ccc(Cl)nc2c1)C(=O)c1ccccn1. The minimum atomic E-state index is -3.57. The molecule has 0 fully saturated rings. The van der Waals surface area contributed by atoms with E-state index in [1.54, 1.807) is 42.5 Å². The summed E-state index contributed by atoms with van der Waals surface area (Å²) in [6, 6.07) is 20.6. The number of aromatic nitrogens is 2. The van der Waals surface area contributed by atoms with Gasteiger partial charge in [-0.25, -0.2) is 13.4 Å². The third-order valence-corrected chi connectivity index (χ3v) is 6.10. The van der Waals surface area contributed by atoms with E-state index in [4.69, 9.17) is 11.6 Å². The van der Waals surface area contributed by atoms with Crippen LogP contribution in [-0.4, -0.2) is 30.5 Å². The number of benzene rings is 2. The van der Waals surface area contributed by atoms with Gasteiger partial charge in [-0.2, -0.15) is 0 Å². The molecule has 0 atom stereocenters. The van der Waals surface area contributed by atoms with E-state index in [9.17, 15) is 13.2 Å². The Morgan fingerprint density at radius 1 is 1.00 bits per heavy atom. The van der Waals surface area contributed by atoms with Gasteiger partial charge in [0.25, 0.3) is 5.91 Å². The number of carbonyl (C=O) groups is 1. The Hall–Kier alpha value is -3.29. The molecule has 0 spiro atoms. The maximum Gasteiger partial charge on any atom is 0.277 e. The maximum absolute atomic E-state index is 13.4. The van der Waals surface area contributed by atoms with Crippen molar-refractivity contribution in [3.05, 3.63) is 95.4 Å². The highest BCUT2D eigenvalue weighted by molar-refractivity contribution is 7.90. The lowest BCUT2D eigenvalue weighted by molar-refractivity contribution is 0.0980. The summed E-state index contributed by atoms with van der Waals surface area (Å²) in [6.45, 7) is 0.131. The highest BCUT2D eigenvalue weighted by Gasteiger charge is 2.25. The molecule has 2 aromatic carbocycles. The zero-order chi connectivity index (χ0) is 22.0. The Bertz CT molecular complexity index is 1380. The molecule has 2 aromatic heterocycles. The molecule has 4 rings (SSSR count). The summed E-state index contributed by atoms with van der Waals surface area (Å²) in [5, 5.41) is 1.28. The fourth-order valence-corrected chi connectivity index (χ4v) is 4.34. The van der Waals surface area contributed by atoms with Crippen molar-refractivity contribution in [2.45, 2.75) is 11.4 Å².